The van der Waals surface area contributed by atoms with Gasteiger partial charge in [-0.05, 0) is 42.7 Å². The van der Waals surface area contributed by atoms with Gasteiger partial charge in [-0.1, -0.05) is 24.3 Å². The monoisotopic (exact) mass is 353 g/mol. The van der Waals surface area contributed by atoms with Crippen LogP contribution in [0, 0.1) is 17.8 Å². The quantitative estimate of drug-likeness (QED) is 0.806. The Labute approximate surface area is 151 Å². The van der Waals surface area contributed by atoms with E-state index < -0.39 is 0 Å². The number of fused-ring (bicyclic) bond motifs is 3. The number of hydrogen-bond donors (Lipinski definition) is 1. The van der Waals surface area contributed by atoms with Crippen molar-refractivity contribution in [1.29, 1.82) is 0 Å². The van der Waals surface area contributed by atoms with Gasteiger partial charge in [0.2, 0.25) is 5.82 Å². The van der Waals surface area contributed by atoms with Crippen LogP contribution in [-0.4, -0.2) is 35.7 Å². The lowest BCUT2D eigenvalue weighted by Crippen LogP contribution is -2.37. The van der Waals surface area contributed by atoms with E-state index in [2.05, 4.69) is 22.5 Å². The zero-order chi connectivity index (χ0) is 18.1. The second-order valence-electron chi connectivity index (χ2n) is 7.15. The minimum absolute atomic E-state index is 0.157. The molecular formula is C20H23N3O3. The largest absolute Gasteiger partial charge is 0.383 e. The molecule has 136 valence electrons. The topological polar surface area (TPSA) is 73.2 Å². The zero-order valence-corrected chi connectivity index (χ0v) is 14.9. The first-order valence-corrected chi connectivity index (χ1v) is 9.12. The van der Waals surface area contributed by atoms with Crippen LogP contribution in [0.1, 0.15) is 23.5 Å². The van der Waals surface area contributed by atoms with Crippen LogP contribution in [-0.2, 0) is 11.3 Å². The predicted octanol–water partition coefficient (Wildman–Crippen LogP) is 1.98. The van der Waals surface area contributed by atoms with Gasteiger partial charge in [0.25, 0.3) is 11.5 Å². The third-order valence-corrected chi connectivity index (χ3v) is 5.52. The molecule has 1 saturated carbocycles. The Balaban J connectivity index is 1.60. The van der Waals surface area contributed by atoms with E-state index in [4.69, 9.17) is 4.74 Å². The van der Waals surface area contributed by atoms with Crippen LogP contribution in [0.2, 0.25) is 0 Å². The van der Waals surface area contributed by atoms with Gasteiger partial charge in [0.1, 0.15) is 0 Å². The Bertz CT molecular complexity index is 918. The highest BCUT2D eigenvalue weighted by atomic mass is 16.5. The molecule has 0 spiro atoms. The summed E-state index contributed by atoms with van der Waals surface area (Å²) in [4.78, 5) is 30.1. The molecule has 1 N–H and O–H groups in total. The number of nitrogens with one attached hydrogen (secondary N) is 1. The van der Waals surface area contributed by atoms with Gasteiger partial charge >= 0.3 is 0 Å². The van der Waals surface area contributed by atoms with Gasteiger partial charge in [0.05, 0.1) is 24.1 Å². The number of allylic oxidation sites excluding steroid dienone is 2. The summed E-state index contributed by atoms with van der Waals surface area (Å²) in [7, 11) is 1.57. The minimum Gasteiger partial charge on any atom is -0.383 e. The van der Waals surface area contributed by atoms with Gasteiger partial charge in [-0.25, -0.2) is 4.98 Å². The molecule has 2 aliphatic rings. The fraction of sp³-hybridized carbons (Fsp3) is 0.450. The van der Waals surface area contributed by atoms with Gasteiger partial charge in [-0.3, -0.25) is 14.2 Å². The van der Waals surface area contributed by atoms with E-state index in [9.17, 15) is 9.59 Å². The molecule has 1 aromatic heterocycles. The molecule has 6 heteroatoms. The Morgan fingerprint density at radius 2 is 2.15 bits per heavy atom. The third kappa shape index (κ3) is 3.05. The Kier molecular flexibility index (Phi) is 4.59. The maximum Gasteiger partial charge on any atom is 0.287 e. The molecule has 2 bridgehead atoms. The van der Waals surface area contributed by atoms with Crippen molar-refractivity contribution in [2.75, 3.05) is 20.3 Å². The normalized spacial score (nSPS) is 23.7. The van der Waals surface area contributed by atoms with E-state index >= 15 is 0 Å². The summed E-state index contributed by atoms with van der Waals surface area (Å²) in [5.41, 5.74) is 0.333. The van der Waals surface area contributed by atoms with E-state index in [1.807, 2.05) is 6.07 Å². The van der Waals surface area contributed by atoms with E-state index in [-0.39, 0.29) is 17.3 Å². The van der Waals surface area contributed by atoms with Crippen LogP contribution >= 0.6 is 0 Å². The van der Waals surface area contributed by atoms with E-state index in [0.29, 0.717) is 48.4 Å². The lowest BCUT2D eigenvalue weighted by Gasteiger charge is -2.19. The van der Waals surface area contributed by atoms with E-state index in [0.717, 1.165) is 6.42 Å². The van der Waals surface area contributed by atoms with Crippen molar-refractivity contribution in [3.63, 3.8) is 0 Å². The van der Waals surface area contributed by atoms with Gasteiger partial charge in [0.15, 0.2) is 0 Å². The number of rotatable bonds is 6. The van der Waals surface area contributed by atoms with E-state index in [1.54, 1.807) is 25.3 Å². The second kappa shape index (κ2) is 7.03. The Morgan fingerprint density at radius 1 is 1.31 bits per heavy atom. The highest BCUT2D eigenvalue weighted by Crippen LogP contribution is 2.42. The smallest absolute Gasteiger partial charge is 0.287 e. The molecule has 0 aliphatic heterocycles. The van der Waals surface area contributed by atoms with Crippen LogP contribution in [0.25, 0.3) is 10.9 Å². The average Bonchev–Trinajstić information content (AvgIpc) is 3.28. The maximum absolute atomic E-state index is 12.8. The number of hydrogen-bond acceptors (Lipinski definition) is 4. The Morgan fingerprint density at radius 3 is 2.88 bits per heavy atom. The van der Waals surface area contributed by atoms with Crippen LogP contribution in [0.4, 0.5) is 0 Å². The maximum atomic E-state index is 12.8. The molecule has 0 saturated heterocycles. The summed E-state index contributed by atoms with van der Waals surface area (Å²) in [5.74, 6) is 1.58. The van der Waals surface area contributed by atoms with Gasteiger partial charge in [0, 0.05) is 13.7 Å². The summed E-state index contributed by atoms with van der Waals surface area (Å²) >= 11 is 0. The molecule has 1 heterocycles. The van der Waals surface area contributed by atoms with Crippen molar-refractivity contribution in [2.24, 2.45) is 17.8 Å². The summed E-state index contributed by atoms with van der Waals surface area (Å²) in [5, 5.41) is 3.51. The van der Waals surface area contributed by atoms with Crippen molar-refractivity contribution in [1.82, 2.24) is 14.9 Å². The highest BCUT2D eigenvalue weighted by Gasteiger charge is 2.35. The number of amides is 1. The molecule has 4 rings (SSSR count). The molecule has 2 aliphatic carbocycles. The molecule has 0 unspecified atom stereocenters. The third-order valence-electron chi connectivity index (χ3n) is 5.52. The van der Waals surface area contributed by atoms with Gasteiger partial charge < -0.3 is 10.1 Å². The summed E-state index contributed by atoms with van der Waals surface area (Å²) in [6, 6.07) is 7.11. The molecule has 3 atom stereocenters. The molecule has 1 fully saturated rings. The number of carbonyl (C=O) groups excluding carboxylic acids is 1. The first kappa shape index (κ1) is 17.0. The summed E-state index contributed by atoms with van der Waals surface area (Å²) in [6.45, 7) is 1.27. The van der Waals surface area contributed by atoms with Crippen LogP contribution in [0.15, 0.2) is 41.2 Å². The number of para-hydroxylation sites is 1. The van der Waals surface area contributed by atoms with Gasteiger partial charge in [-0.15, -0.1) is 0 Å². The van der Waals surface area contributed by atoms with Crippen LogP contribution < -0.4 is 10.9 Å². The average molecular weight is 353 g/mol. The van der Waals surface area contributed by atoms with Crippen molar-refractivity contribution >= 4 is 16.8 Å². The predicted molar refractivity (Wildman–Crippen MR) is 99.1 cm³/mol. The van der Waals surface area contributed by atoms with Crippen LogP contribution in [0.5, 0.6) is 0 Å². The van der Waals surface area contributed by atoms with Crippen molar-refractivity contribution in [3.05, 3.63) is 52.6 Å². The standard InChI is InChI=1S/C20H23N3O3/c1-26-9-8-23-18(22-17-5-3-2-4-16(17)20(23)25)19(24)21-12-15-11-13-6-7-14(15)10-13/h2-7,13-15H,8-12H2,1H3,(H,21,24)/t13-,14-,15+/m0/s1. The molecule has 26 heavy (non-hydrogen) atoms. The SMILES string of the molecule is COCCn1c(C(=O)NC[C@H]2C[C@H]3C=C[C@H]2C3)nc2ccccc2c1=O. The Hall–Kier alpha value is -2.47. The summed E-state index contributed by atoms with van der Waals surface area (Å²) in [6.07, 6.45) is 6.89. The number of ether oxygens (including phenoxy) is 1. The fourth-order valence-corrected chi connectivity index (χ4v) is 4.16. The zero-order valence-electron chi connectivity index (χ0n) is 14.9. The molecular weight excluding hydrogens is 330 g/mol. The van der Waals surface area contributed by atoms with Gasteiger partial charge in [-0.2, -0.15) is 0 Å². The van der Waals surface area contributed by atoms with E-state index in [1.165, 1.54) is 11.0 Å². The number of nitrogens with zero attached hydrogens (tertiary/aromatic N) is 2. The van der Waals surface area contributed by atoms with Crippen molar-refractivity contribution < 1.29 is 9.53 Å². The lowest BCUT2D eigenvalue weighted by molar-refractivity contribution is 0.0925. The highest BCUT2D eigenvalue weighted by molar-refractivity contribution is 5.93. The number of carbonyl (C=O) groups is 1. The fourth-order valence-electron chi connectivity index (χ4n) is 4.16. The number of benzene rings is 1. The molecule has 1 amide bonds. The molecule has 0 radical (unpaired) electrons. The first-order chi connectivity index (χ1) is 12.7. The molecule has 1 aromatic carbocycles. The summed E-state index contributed by atoms with van der Waals surface area (Å²) < 4.78 is 6.51. The minimum atomic E-state index is -0.296. The number of methoxy groups -OCH3 is 1. The molecule has 6 nitrogen and oxygen atoms in total. The second-order valence-corrected chi connectivity index (χ2v) is 7.15. The van der Waals surface area contributed by atoms with Crippen molar-refractivity contribution in [3.8, 4) is 0 Å². The lowest BCUT2D eigenvalue weighted by atomic mass is 9.94. The number of aromatic nitrogens is 2. The van der Waals surface area contributed by atoms with Crippen molar-refractivity contribution in [2.45, 2.75) is 19.4 Å². The molecule has 2 aromatic rings. The first-order valence-electron chi connectivity index (χ1n) is 9.12. The van der Waals surface area contributed by atoms with Crippen LogP contribution in [0.3, 0.4) is 0 Å².